The van der Waals surface area contributed by atoms with Crippen LogP contribution in [0.25, 0.3) is 0 Å². The fourth-order valence-electron chi connectivity index (χ4n) is 2.08. The number of carbonyl (C=O) groups excluding carboxylic acids is 2. The SMILES string of the molecule is CC(=O)Nc1cc(NC(=O)CCc2ccc(Cl)cc2Cl)ccc1F. The fraction of sp³-hybridized carbons (Fsp3) is 0.176. The van der Waals surface area contributed by atoms with Crippen LogP contribution >= 0.6 is 23.2 Å². The summed E-state index contributed by atoms with van der Waals surface area (Å²) in [5.41, 5.74) is 1.22. The minimum atomic E-state index is -0.573. The number of amides is 2. The van der Waals surface area contributed by atoms with Gasteiger partial charge in [0.2, 0.25) is 11.8 Å². The van der Waals surface area contributed by atoms with Crippen LogP contribution in [0.1, 0.15) is 18.9 Å². The predicted octanol–water partition coefficient (Wildman–Crippen LogP) is 4.66. The molecule has 0 spiro atoms. The van der Waals surface area contributed by atoms with Gasteiger partial charge in [0.05, 0.1) is 5.69 Å². The van der Waals surface area contributed by atoms with Crippen molar-refractivity contribution in [2.24, 2.45) is 0 Å². The van der Waals surface area contributed by atoms with E-state index < -0.39 is 11.7 Å². The molecular formula is C17H15Cl2FN2O2. The number of carbonyl (C=O) groups is 2. The van der Waals surface area contributed by atoms with Gasteiger partial charge in [-0.05, 0) is 42.3 Å². The van der Waals surface area contributed by atoms with Gasteiger partial charge in [0.15, 0.2) is 0 Å². The van der Waals surface area contributed by atoms with Gasteiger partial charge in [-0.2, -0.15) is 0 Å². The van der Waals surface area contributed by atoms with Crippen LogP contribution in [0.5, 0.6) is 0 Å². The normalized spacial score (nSPS) is 10.3. The molecule has 4 nitrogen and oxygen atoms in total. The van der Waals surface area contributed by atoms with E-state index >= 15 is 0 Å². The smallest absolute Gasteiger partial charge is 0.224 e. The lowest BCUT2D eigenvalue weighted by Crippen LogP contribution is -2.13. The summed E-state index contributed by atoms with van der Waals surface area (Å²) in [7, 11) is 0. The molecule has 2 rings (SSSR count). The van der Waals surface area contributed by atoms with Crippen molar-refractivity contribution >= 4 is 46.4 Å². The molecule has 0 saturated carbocycles. The van der Waals surface area contributed by atoms with Crippen molar-refractivity contribution < 1.29 is 14.0 Å². The van der Waals surface area contributed by atoms with Gasteiger partial charge >= 0.3 is 0 Å². The second-order valence-electron chi connectivity index (χ2n) is 5.16. The first-order chi connectivity index (χ1) is 11.3. The maximum Gasteiger partial charge on any atom is 0.224 e. The van der Waals surface area contributed by atoms with Gasteiger partial charge < -0.3 is 10.6 Å². The average molecular weight is 369 g/mol. The third kappa shape index (κ3) is 5.22. The first-order valence-electron chi connectivity index (χ1n) is 7.16. The van der Waals surface area contributed by atoms with Crippen molar-refractivity contribution in [1.29, 1.82) is 0 Å². The molecule has 0 aliphatic carbocycles. The summed E-state index contributed by atoms with van der Waals surface area (Å²) in [5, 5.41) is 6.06. The molecule has 2 aromatic carbocycles. The summed E-state index contributed by atoms with van der Waals surface area (Å²) in [6.07, 6.45) is 0.649. The van der Waals surface area contributed by atoms with Gasteiger partial charge in [-0.1, -0.05) is 29.3 Å². The van der Waals surface area contributed by atoms with E-state index in [9.17, 15) is 14.0 Å². The third-order valence-corrected chi connectivity index (χ3v) is 3.78. The highest BCUT2D eigenvalue weighted by molar-refractivity contribution is 6.35. The molecule has 0 unspecified atom stereocenters. The Kier molecular flexibility index (Phi) is 6.17. The molecule has 0 fully saturated rings. The minimum absolute atomic E-state index is 0.0149. The van der Waals surface area contributed by atoms with E-state index in [4.69, 9.17) is 23.2 Å². The maximum absolute atomic E-state index is 13.6. The van der Waals surface area contributed by atoms with E-state index in [0.29, 0.717) is 22.2 Å². The maximum atomic E-state index is 13.6. The highest BCUT2D eigenvalue weighted by Gasteiger charge is 2.09. The summed E-state index contributed by atoms with van der Waals surface area (Å²) in [5.74, 6) is -1.22. The van der Waals surface area contributed by atoms with Gasteiger partial charge in [0.1, 0.15) is 5.82 Å². The Morgan fingerprint density at radius 3 is 2.50 bits per heavy atom. The molecule has 0 heterocycles. The second-order valence-corrected chi connectivity index (χ2v) is 6.00. The lowest BCUT2D eigenvalue weighted by Gasteiger charge is -2.09. The fourth-order valence-corrected chi connectivity index (χ4v) is 2.59. The number of rotatable bonds is 5. The molecule has 0 aliphatic heterocycles. The van der Waals surface area contributed by atoms with Crippen molar-refractivity contribution in [3.8, 4) is 0 Å². The minimum Gasteiger partial charge on any atom is -0.326 e. The number of anilines is 2. The number of aryl methyl sites for hydroxylation is 1. The van der Waals surface area contributed by atoms with E-state index in [2.05, 4.69) is 10.6 Å². The summed E-state index contributed by atoms with van der Waals surface area (Å²) in [6, 6.07) is 9.07. The van der Waals surface area contributed by atoms with E-state index in [1.165, 1.54) is 25.1 Å². The van der Waals surface area contributed by atoms with Crippen molar-refractivity contribution in [2.75, 3.05) is 10.6 Å². The number of hydrogen-bond acceptors (Lipinski definition) is 2. The summed E-state index contributed by atoms with van der Waals surface area (Å²) in [6.45, 7) is 1.28. The Hall–Kier alpha value is -2.11. The Bertz CT molecular complexity index is 781. The van der Waals surface area contributed by atoms with Crippen LogP contribution in [0.15, 0.2) is 36.4 Å². The monoisotopic (exact) mass is 368 g/mol. The van der Waals surface area contributed by atoms with Gasteiger partial charge in [0.25, 0.3) is 0 Å². The number of nitrogens with one attached hydrogen (secondary N) is 2. The quantitative estimate of drug-likeness (QED) is 0.805. The van der Waals surface area contributed by atoms with Crippen molar-refractivity contribution in [3.63, 3.8) is 0 Å². The molecule has 0 radical (unpaired) electrons. The molecule has 7 heteroatoms. The van der Waals surface area contributed by atoms with Crippen LogP contribution < -0.4 is 10.6 Å². The molecular weight excluding hydrogens is 354 g/mol. The Morgan fingerprint density at radius 1 is 1.08 bits per heavy atom. The largest absolute Gasteiger partial charge is 0.326 e. The molecule has 126 valence electrons. The average Bonchev–Trinajstić information content (AvgIpc) is 2.49. The zero-order valence-corrected chi connectivity index (χ0v) is 14.3. The lowest BCUT2D eigenvalue weighted by molar-refractivity contribution is -0.116. The molecule has 0 saturated heterocycles. The van der Waals surface area contributed by atoms with Gasteiger partial charge in [-0.25, -0.2) is 4.39 Å². The van der Waals surface area contributed by atoms with Crippen LogP contribution in [0, 0.1) is 5.82 Å². The Labute approximate surface area is 149 Å². The predicted molar refractivity (Wildman–Crippen MR) is 94.1 cm³/mol. The standard InChI is InChI=1S/C17H15Cl2FN2O2/c1-10(23)21-16-9-13(5-6-15(16)20)22-17(24)7-3-11-2-4-12(18)8-14(11)19/h2,4-6,8-9H,3,7H2,1H3,(H,21,23)(H,22,24). The molecule has 24 heavy (non-hydrogen) atoms. The van der Waals surface area contributed by atoms with Gasteiger partial charge in [-0.15, -0.1) is 0 Å². The Balaban J connectivity index is 1.98. The van der Waals surface area contributed by atoms with E-state index in [0.717, 1.165) is 5.56 Å². The first kappa shape index (κ1) is 18.2. The van der Waals surface area contributed by atoms with Crippen LogP contribution in [-0.2, 0) is 16.0 Å². The Morgan fingerprint density at radius 2 is 1.83 bits per heavy atom. The molecule has 0 bridgehead atoms. The van der Waals surface area contributed by atoms with Gasteiger partial charge in [-0.3, -0.25) is 9.59 Å². The molecule has 2 aromatic rings. The van der Waals surface area contributed by atoms with E-state index in [-0.39, 0.29) is 18.0 Å². The third-order valence-electron chi connectivity index (χ3n) is 3.20. The number of halogens is 3. The highest BCUT2D eigenvalue weighted by atomic mass is 35.5. The lowest BCUT2D eigenvalue weighted by atomic mass is 10.1. The second kappa shape index (κ2) is 8.13. The van der Waals surface area contributed by atoms with Crippen LogP contribution in [0.3, 0.4) is 0 Å². The van der Waals surface area contributed by atoms with Crippen molar-refractivity contribution in [3.05, 3.63) is 57.8 Å². The number of benzene rings is 2. The zero-order valence-electron chi connectivity index (χ0n) is 12.8. The van der Waals surface area contributed by atoms with Crippen LogP contribution in [0.2, 0.25) is 10.0 Å². The van der Waals surface area contributed by atoms with E-state index in [1.54, 1.807) is 18.2 Å². The molecule has 2 amide bonds. The van der Waals surface area contributed by atoms with E-state index in [1.807, 2.05) is 0 Å². The van der Waals surface area contributed by atoms with Gasteiger partial charge in [0, 0.05) is 29.1 Å². The zero-order chi connectivity index (χ0) is 17.7. The first-order valence-corrected chi connectivity index (χ1v) is 7.91. The van der Waals surface area contributed by atoms with Crippen LogP contribution in [-0.4, -0.2) is 11.8 Å². The van der Waals surface area contributed by atoms with Crippen molar-refractivity contribution in [2.45, 2.75) is 19.8 Å². The highest BCUT2D eigenvalue weighted by Crippen LogP contribution is 2.23. The molecule has 0 atom stereocenters. The summed E-state index contributed by atoms with van der Waals surface area (Å²) >= 11 is 11.9. The molecule has 2 N–H and O–H groups in total. The molecule has 0 aliphatic rings. The molecule has 0 aromatic heterocycles. The summed E-state index contributed by atoms with van der Waals surface area (Å²) < 4.78 is 13.6. The van der Waals surface area contributed by atoms with Crippen LogP contribution in [0.4, 0.5) is 15.8 Å². The number of hydrogen-bond donors (Lipinski definition) is 2. The topological polar surface area (TPSA) is 58.2 Å². The summed E-state index contributed by atoms with van der Waals surface area (Å²) in [4.78, 5) is 23.0. The van der Waals surface area contributed by atoms with Crippen molar-refractivity contribution in [1.82, 2.24) is 0 Å².